The van der Waals surface area contributed by atoms with E-state index in [1.54, 1.807) is 0 Å². The highest BCUT2D eigenvalue weighted by Crippen LogP contribution is 2.29. The Balaban J connectivity index is 2.81. The second-order valence-electron chi connectivity index (χ2n) is 3.58. The normalized spacial score (nSPS) is 10.6. The zero-order valence-corrected chi connectivity index (χ0v) is 10.8. The first kappa shape index (κ1) is 13.1. The molecular weight excluding hydrogens is 277 g/mol. The van der Waals surface area contributed by atoms with E-state index < -0.39 is 5.82 Å². The maximum absolute atomic E-state index is 13.0. The summed E-state index contributed by atoms with van der Waals surface area (Å²) in [5.41, 5.74) is 0.214. The van der Waals surface area contributed by atoms with E-state index in [0.29, 0.717) is 23.1 Å². The van der Waals surface area contributed by atoms with Gasteiger partial charge in [0.15, 0.2) is 6.29 Å². The smallest absolute Gasteiger partial charge is 0.153 e. The first-order valence-corrected chi connectivity index (χ1v) is 5.55. The lowest BCUT2D eigenvalue weighted by Crippen LogP contribution is -2.19. The summed E-state index contributed by atoms with van der Waals surface area (Å²) >= 11 is 3.17. The van der Waals surface area contributed by atoms with Crippen molar-refractivity contribution >= 4 is 22.2 Å². The molecule has 1 aromatic carbocycles. The lowest BCUT2D eigenvalue weighted by molar-refractivity contribution is 0.111. The van der Waals surface area contributed by atoms with Gasteiger partial charge in [0.1, 0.15) is 18.2 Å². The van der Waals surface area contributed by atoms with Crippen molar-refractivity contribution in [1.82, 2.24) is 4.90 Å². The van der Waals surface area contributed by atoms with Gasteiger partial charge in [0.25, 0.3) is 0 Å². The van der Waals surface area contributed by atoms with Crippen LogP contribution in [0.5, 0.6) is 5.75 Å². The number of benzene rings is 1. The number of rotatable bonds is 5. The lowest BCUT2D eigenvalue weighted by Gasteiger charge is -2.13. The van der Waals surface area contributed by atoms with Crippen molar-refractivity contribution in [2.45, 2.75) is 0 Å². The Hall–Kier alpha value is -0.940. The molecule has 0 bridgehead atoms. The van der Waals surface area contributed by atoms with E-state index in [0.717, 1.165) is 12.6 Å². The van der Waals surface area contributed by atoms with Crippen LogP contribution in [-0.2, 0) is 0 Å². The van der Waals surface area contributed by atoms with Gasteiger partial charge in [-0.05, 0) is 42.2 Å². The molecule has 88 valence electrons. The third-order valence-corrected chi connectivity index (χ3v) is 2.54. The molecule has 0 saturated heterocycles. The summed E-state index contributed by atoms with van der Waals surface area (Å²) in [5, 5.41) is 0. The van der Waals surface area contributed by atoms with Gasteiger partial charge in [0, 0.05) is 6.54 Å². The molecule has 0 aromatic heterocycles. The Morgan fingerprint density at radius 3 is 2.75 bits per heavy atom. The predicted octanol–water partition coefficient (Wildman–Crippen LogP) is 2.34. The summed E-state index contributed by atoms with van der Waals surface area (Å²) < 4.78 is 18.9. The van der Waals surface area contributed by atoms with Crippen molar-refractivity contribution in [3.8, 4) is 5.75 Å². The molecule has 0 radical (unpaired) electrons. The summed E-state index contributed by atoms with van der Waals surface area (Å²) in [6.45, 7) is 1.17. The maximum Gasteiger partial charge on any atom is 0.153 e. The van der Waals surface area contributed by atoms with Gasteiger partial charge in [-0.2, -0.15) is 0 Å². The quantitative estimate of drug-likeness (QED) is 0.780. The number of halogens is 2. The van der Waals surface area contributed by atoms with Crippen molar-refractivity contribution in [2.75, 3.05) is 27.2 Å². The van der Waals surface area contributed by atoms with Gasteiger partial charge in [-0.25, -0.2) is 4.39 Å². The molecule has 0 saturated carbocycles. The third-order valence-electron chi connectivity index (χ3n) is 1.95. The zero-order chi connectivity index (χ0) is 12.1. The van der Waals surface area contributed by atoms with Gasteiger partial charge in [0.2, 0.25) is 0 Å². The SMILES string of the molecule is CN(C)CCOc1c(Br)cc(F)cc1C=O. The molecule has 0 unspecified atom stereocenters. The number of hydrogen-bond acceptors (Lipinski definition) is 3. The fourth-order valence-electron chi connectivity index (χ4n) is 1.15. The van der Waals surface area contributed by atoms with Crippen LogP contribution in [-0.4, -0.2) is 38.4 Å². The maximum atomic E-state index is 13.0. The second-order valence-corrected chi connectivity index (χ2v) is 4.43. The van der Waals surface area contributed by atoms with Gasteiger partial charge < -0.3 is 9.64 Å². The van der Waals surface area contributed by atoms with E-state index in [-0.39, 0.29) is 5.56 Å². The molecular formula is C11H13BrFNO2. The molecule has 5 heteroatoms. The number of likely N-dealkylation sites (N-methyl/N-ethyl adjacent to an activating group) is 1. The van der Waals surface area contributed by atoms with Crippen molar-refractivity contribution in [2.24, 2.45) is 0 Å². The van der Waals surface area contributed by atoms with Gasteiger partial charge >= 0.3 is 0 Å². The monoisotopic (exact) mass is 289 g/mol. The van der Waals surface area contributed by atoms with Crippen molar-refractivity contribution in [3.63, 3.8) is 0 Å². The molecule has 0 N–H and O–H groups in total. The third kappa shape index (κ3) is 3.57. The van der Waals surface area contributed by atoms with E-state index >= 15 is 0 Å². The molecule has 0 fully saturated rings. The van der Waals surface area contributed by atoms with Crippen LogP contribution in [0.2, 0.25) is 0 Å². The van der Waals surface area contributed by atoms with Gasteiger partial charge in [-0.15, -0.1) is 0 Å². The fraction of sp³-hybridized carbons (Fsp3) is 0.364. The lowest BCUT2D eigenvalue weighted by atomic mass is 10.2. The van der Waals surface area contributed by atoms with Gasteiger partial charge in [0.05, 0.1) is 10.0 Å². The van der Waals surface area contributed by atoms with Crippen molar-refractivity contribution < 1.29 is 13.9 Å². The van der Waals surface area contributed by atoms with E-state index in [1.165, 1.54) is 6.07 Å². The molecule has 0 amide bonds. The summed E-state index contributed by atoms with van der Waals surface area (Å²) in [7, 11) is 3.84. The average molecular weight is 290 g/mol. The number of carbonyl (C=O) groups is 1. The Kier molecular flexibility index (Phi) is 4.89. The Morgan fingerprint density at radius 1 is 1.50 bits per heavy atom. The molecule has 0 aliphatic carbocycles. The number of aldehydes is 1. The minimum absolute atomic E-state index is 0.214. The molecule has 0 atom stereocenters. The number of carbonyl (C=O) groups excluding carboxylic acids is 1. The largest absolute Gasteiger partial charge is 0.490 e. The van der Waals surface area contributed by atoms with E-state index in [1.807, 2.05) is 19.0 Å². The molecule has 0 heterocycles. The van der Waals surface area contributed by atoms with Crippen LogP contribution in [0, 0.1) is 5.82 Å². The summed E-state index contributed by atoms with van der Waals surface area (Å²) in [5.74, 6) is -0.0767. The van der Waals surface area contributed by atoms with Gasteiger partial charge in [-0.3, -0.25) is 4.79 Å². The molecule has 1 rings (SSSR count). The second kappa shape index (κ2) is 5.96. The Bertz CT molecular complexity index is 382. The minimum atomic E-state index is -0.464. The summed E-state index contributed by atoms with van der Waals surface area (Å²) in [4.78, 5) is 12.7. The minimum Gasteiger partial charge on any atom is -0.490 e. The molecule has 0 aliphatic rings. The van der Waals surface area contributed by atoms with Crippen molar-refractivity contribution in [3.05, 3.63) is 28.0 Å². The Labute approximate surface area is 102 Å². The predicted molar refractivity (Wildman–Crippen MR) is 63.5 cm³/mol. The van der Waals surface area contributed by atoms with E-state index in [4.69, 9.17) is 4.74 Å². The number of nitrogens with zero attached hydrogens (tertiary/aromatic N) is 1. The highest BCUT2D eigenvalue weighted by molar-refractivity contribution is 9.10. The molecule has 3 nitrogen and oxygen atoms in total. The van der Waals surface area contributed by atoms with Crippen LogP contribution in [0.3, 0.4) is 0 Å². The van der Waals surface area contributed by atoms with Crippen LogP contribution in [0.25, 0.3) is 0 Å². The van der Waals surface area contributed by atoms with E-state index in [2.05, 4.69) is 15.9 Å². The molecule has 0 aliphatic heterocycles. The van der Waals surface area contributed by atoms with Gasteiger partial charge in [-0.1, -0.05) is 0 Å². The van der Waals surface area contributed by atoms with Crippen LogP contribution < -0.4 is 4.74 Å². The molecule has 16 heavy (non-hydrogen) atoms. The first-order chi connectivity index (χ1) is 7.54. The van der Waals surface area contributed by atoms with E-state index in [9.17, 15) is 9.18 Å². The standard InChI is InChI=1S/C11H13BrFNO2/c1-14(2)3-4-16-11-8(7-15)5-9(13)6-10(11)12/h5-7H,3-4H2,1-2H3. The fourth-order valence-corrected chi connectivity index (χ4v) is 1.71. The molecule has 1 aromatic rings. The summed E-state index contributed by atoms with van der Waals surface area (Å²) in [6.07, 6.45) is 0.582. The summed E-state index contributed by atoms with van der Waals surface area (Å²) in [6, 6.07) is 2.43. The number of hydrogen-bond donors (Lipinski definition) is 0. The molecule has 0 spiro atoms. The van der Waals surface area contributed by atoms with Crippen LogP contribution in [0.15, 0.2) is 16.6 Å². The highest BCUT2D eigenvalue weighted by Gasteiger charge is 2.10. The Morgan fingerprint density at radius 2 is 2.19 bits per heavy atom. The number of ether oxygens (including phenoxy) is 1. The van der Waals surface area contributed by atoms with Crippen LogP contribution in [0.1, 0.15) is 10.4 Å². The van der Waals surface area contributed by atoms with Crippen LogP contribution in [0.4, 0.5) is 4.39 Å². The van der Waals surface area contributed by atoms with Crippen molar-refractivity contribution in [1.29, 1.82) is 0 Å². The topological polar surface area (TPSA) is 29.5 Å². The van der Waals surface area contributed by atoms with Crippen LogP contribution >= 0.6 is 15.9 Å². The zero-order valence-electron chi connectivity index (χ0n) is 9.17. The highest BCUT2D eigenvalue weighted by atomic mass is 79.9. The first-order valence-electron chi connectivity index (χ1n) is 4.76. The average Bonchev–Trinajstić information content (AvgIpc) is 2.20.